The van der Waals surface area contributed by atoms with Crippen LogP contribution in [-0.4, -0.2) is 40.0 Å². The molecule has 2 heterocycles. The minimum absolute atomic E-state index is 0.0997. The summed E-state index contributed by atoms with van der Waals surface area (Å²) in [4.78, 5) is 18.3. The van der Waals surface area contributed by atoms with Crippen LogP contribution in [0.2, 0.25) is 5.02 Å². The predicted molar refractivity (Wildman–Crippen MR) is 129 cm³/mol. The van der Waals surface area contributed by atoms with Gasteiger partial charge in [-0.2, -0.15) is 0 Å². The van der Waals surface area contributed by atoms with Crippen molar-refractivity contribution in [1.29, 1.82) is 0 Å². The summed E-state index contributed by atoms with van der Waals surface area (Å²) in [5.74, 6) is 1.43. The lowest BCUT2D eigenvalue weighted by Crippen LogP contribution is -2.34. The van der Waals surface area contributed by atoms with Crippen LogP contribution in [0.5, 0.6) is 5.75 Å². The van der Waals surface area contributed by atoms with Crippen molar-refractivity contribution < 1.29 is 9.53 Å². The Morgan fingerprint density at radius 1 is 1.27 bits per heavy atom. The Kier molecular flexibility index (Phi) is 6.60. The fourth-order valence-corrected chi connectivity index (χ4v) is 4.26. The van der Waals surface area contributed by atoms with Gasteiger partial charge >= 0.3 is 0 Å². The zero-order chi connectivity index (χ0) is 23.5. The number of hydrogen-bond donors (Lipinski definition) is 1. The number of nitrogens with zero attached hydrogens (tertiary/aromatic N) is 4. The van der Waals surface area contributed by atoms with Crippen molar-refractivity contribution in [3.8, 4) is 11.4 Å². The number of hydrogen-bond acceptors (Lipinski definition) is 5. The molecule has 2 unspecified atom stereocenters. The van der Waals surface area contributed by atoms with Crippen LogP contribution in [0.4, 0.5) is 0 Å². The first-order chi connectivity index (χ1) is 16.0. The van der Waals surface area contributed by atoms with Crippen molar-refractivity contribution in [1.82, 2.24) is 20.1 Å². The molecule has 8 heteroatoms. The molecular formula is C25H26ClN5O2. The Morgan fingerprint density at radius 3 is 2.70 bits per heavy atom. The van der Waals surface area contributed by atoms with Crippen molar-refractivity contribution in [3.05, 3.63) is 82.9 Å². The van der Waals surface area contributed by atoms with E-state index in [9.17, 15) is 4.79 Å². The van der Waals surface area contributed by atoms with Gasteiger partial charge in [0.1, 0.15) is 17.6 Å². The van der Waals surface area contributed by atoms with Crippen LogP contribution in [0.1, 0.15) is 42.2 Å². The van der Waals surface area contributed by atoms with Crippen molar-refractivity contribution in [2.24, 2.45) is 10.9 Å². The maximum Gasteiger partial charge on any atom is 0.226 e. The van der Waals surface area contributed by atoms with Crippen molar-refractivity contribution in [3.63, 3.8) is 0 Å². The minimum Gasteiger partial charge on any atom is -0.497 e. The molecule has 170 valence electrons. The van der Waals surface area contributed by atoms with Gasteiger partial charge in [0, 0.05) is 22.7 Å². The number of carbonyl (C=O) groups excluding carboxylic acids is 1. The third-order valence-corrected chi connectivity index (χ3v) is 5.94. The number of fused-ring (bicyclic) bond motifs is 3. The highest BCUT2D eigenvalue weighted by molar-refractivity contribution is 6.30. The van der Waals surface area contributed by atoms with E-state index in [0.717, 1.165) is 22.5 Å². The summed E-state index contributed by atoms with van der Waals surface area (Å²) < 4.78 is 7.49. The molecule has 0 saturated carbocycles. The summed E-state index contributed by atoms with van der Waals surface area (Å²) in [6, 6.07) is 12.8. The molecule has 1 aliphatic heterocycles. The Balaban J connectivity index is 2.02. The minimum atomic E-state index is -0.570. The lowest BCUT2D eigenvalue weighted by Gasteiger charge is -2.21. The molecule has 1 N–H and O–H groups in total. The summed E-state index contributed by atoms with van der Waals surface area (Å²) >= 11 is 6.16. The van der Waals surface area contributed by atoms with Gasteiger partial charge in [0.05, 0.1) is 24.4 Å². The lowest BCUT2D eigenvalue weighted by atomic mass is 9.94. The van der Waals surface area contributed by atoms with Gasteiger partial charge < -0.3 is 10.1 Å². The molecule has 7 nitrogen and oxygen atoms in total. The average Bonchev–Trinajstić information content (AvgIpc) is 3.13. The molecule has 0 saturated heterocycles. The van der Waals surface area contributed by atoms with Crippen LogP contribution in [0.25, 0.3) is 5.69 Å². The Hall–Kier alpha value is -3.45. The molecular weight excluding hydrogens is 438 g/mol. The summed E-state index contributed by atoms with van der Waals surface area (Å²) in [6.45, 7) is 8.18. The van der Waals surface area contributed by atoms with Crippen molar-refractivity contribution >= 4 is 23.2 Å². The van der Waals surface area contributed by atoms with Crippen LogP contribution in [0, 0.1) is 12.8 Å². The number of amides is 1. The number of allylic oxidation sites excluding steroid dienone is 1. The Labute approximate surface area is 198 Å². The second-order valence-corrected chi connectivity index (χ2v) is 8.22. The van der Waals surface area contributed by atoms with Gasteiger partial charge in [-0.15, -0.1) is 16.8 Å². The van der Waals surface area contributed by atoms with Gasteiger partial charge in [0.15, 0.2) is 5.82 Å². The molecule has 0 radical (unpaired) electrons. The van der Waals surface area contributed by atoms with E-state index in [4.69, 9.17) is 21.3 Å². The summed E-state index contributed by atoms with van der Waals surface area (Å²) in [6.07, 6.45) is 2.19. The largest absolute Gasteiger partial charge is 0.497 e. The Bertz CT molecular complexity index is 1220. The molecule has 3 aromatic rings. The summed E-state index contributed by atoms with van der Waals surface area (Å²) in [5.41, 5.74) is 3.34. The Morgan fingerprint density at radius 2 is 2.03 bits per heavy atom. The fraction of sp³-hybridized carbons (Fsp3) is 0.280. The van der Waals surface area contributed by atoms with Gasteiger partial charge in [-0.3, -0.25) is 14.4 Å². The highest BCUT2D eigenvalue weighted by Gasteiger charge is 2.36. The average molecular weight is 464 g/mol. The van der Waals surface area contributed by atoms with Crippen LogP contribution >= 0.6 is 11.6 Å². The van der Waals surface area contributed by atoms with Crippen LogP contribution in [-0.2, 0) is 4.79 Å². The van der Waals surface area contributed by atoms with Crippen LogP contribution in [0.3, 0.4) is 0 Å². The van der Waals surface area contributed by atoms with Gasteiger partial charge in [-0.25, -0.2) is 0 Å². The van der Waals surface area contributed by atoms with Gasteiger partial charge in [0.25, 0.3) is 0 Å². The van der Waals surface area contributed by atoms with E-state index in [0.29, 0.717) is 35.4 Å². The number of benzene rings is 2. The van der Waals surface area contributed by atoms with E-state index in [1.165, 1.54) is 0 Å². The smallest absolute Gasteiger partial charge is 0.226 e. The first-order valence-electron chi connectivity index (χ1n) is 10.8. The van der Waals surface area contributed by atoms with Crippen LogP contribution in [0.15, 0.2) is 60.1 Å². The number of rotatable bonds is 7. The maximum atomic E-state index is 13.1. The second-order valence-electron chi connectivity index (χ2n) is 7.78. The van der Waals surface area contributed by atoms with E-state index in [1.54, 1.807) is 13.2 Å². The molecule has 1 aliphatic rings. The molecule has 0 spiro atoms. The standard InChI is InChI=1S/C25H26ClN5O2/c1-5-7-19(25(32)27-6-2)23-24-30-29-15(3)31(24)21-13-12-18(33-4)14-20(21)22(28-23)16-8-10-17(26)11-9-16/h5,8-14,19,23H,1,6-7H2,2-4H3,(H,27,32). The monoisotopic (exact) mass is 463 g/mol. The molecule has 2 aromatic carbocycles. The number of aliphatic imine (C=N–C) groups is 1. The SMILES string of the molecule is C=CCC(C(=O)NCC)C1N=C(c2ccc(Cl)cc2)c2cc(OC)ccc2-n2c(C)nnc21. The summed E-state index contributed by atoms with van der Waals surface area (Å²) in [7, 11) is 1.63. The molecule has 33 heavy (non-hydrogen) atoms. The van der Waals surface area contributed by atoms with Gasteiger partial charge in [-0.1, -0.05) is 29.8 Å². The number of carbonyl (C=O) groups is 1. The summed E-state index contributed by atoms with van der Waals surface area (Å²) in [5, 5.41) is 12.4. The molecule has 0 aliphatic carbocycles. The van der Waals surface area contributed by atoms with E-state index < -0.39 is 12.0 Å². The van der Waals surface area contributed by atoms with Crippen molar-refractivity contribution in [2.75, 3.05) is 13.7 Å². The van der Waals surface area contributed by atoms with Gasteiger partial charge in [0.2, 0.25) is 5.91 Å². The predicted octanol–water partition coefficient (Wildman–Crippen LogP) is 4.46. The number of aromatic nitrogens is 3. The molecule has 0 fully saturated rings. The number of aryl methyl sites for hydroxylation is 1. The highest BCUT2D eigenvalue weighted by Crippen LogP contribution is 2.37. The highest BCUT2D eigenvalue weighted by atomic mass is 35.5. The third-order valence-electron chi connectivity index (χ3n) is 5.69. The number of halogens is 1. The van der Waals surface area contributed by atoms with E-state index in [1.807, 2.05) is 60.9 Å². The van der Waals surface area contributed by atoms with Gasteiger partial charge in [-0.05, 0) is 50.6 Å². The second kappa shape index (κ2) is 9.58. The normalized spacial score (nSPS) is 15.5. The molecule has 1 aromatic heterocycles. The molecule has 4 rings (SSSR count). The molecule has 2 atom stereocenters. The van der Waals surface area contributed by atoms with E-state index in [2.05, 4.69) is 22.1 Å². The van der Waals surface area contributed by atoms with E-state index in [-0.39, 0.29) is 5.91 Å². The number of ether oxygens (including phenoxy) is 1. The van der Waals surface area contributed by atoms with E-state index >= 15 is 0 Å². The van der Waals surface area contributed by atoms with Crippen molar-refractivity contribution in [2.45, 2.75) is 26.3 Å². The zero-order valence-corrected chi connectivity index (χ0v) is 19.6. The molecule has 1 amide bonds. The number of nitrogens with one attached hydrogen (secondary N) is 1. The maximum absolute atomic E-state index is 13.1. The quantitative estimate of drug-likeness (QED) is 0.524. The first kappa shape index (κ1) is 22.7. The first-order valence-corrected chi connectivity index (χ1v) is 11.2. The topological polar surface area (TPSA) is 81.4 Å². The molecule has 0 bridgehead atoms. The number of methoxy groups -OCH3 is 1. The zero-order valence-electron chi connectivity index (χ0n) is 18.9. The third kappa shape index (κ3) is 4.28. The lowest BCUT2D eigenvalue weighted by molar-refractivity contribution is -0.125. The van der Waals surface area contributed by atoms with Crippen LogP contribution < -0.4 is 10.1 Å². The fourth-order valence-electron chi connectivity index (χ4n) is 4.13.